The summed E-state index contributed by atoms with van der Waals surface area (Å²) in [4.78, 5) is 7.65. The van der Waals surface area contributed by atoms with Crippen LogP contribution >= 0.6 is 0 Å². The highest BCUT2D eigenvalue weighted by atomic mass is 16.5. The maximum atomic E-state index is 5.34. The molecule has 54 valence electrons. The van der Waals surface area contributed by atoms with Crippen LogP contribution in [0.3, 0.4) is 0 Å². The van der Waals surface area contributed by atoms with Crippen LogP contribution in [0.2, 0.25) is 0 Å². The van der Waals surface area contributed by atoms with Crippen molar-refractivity contribution in [2.24, 2.45) is 0 Å². The van der Waals surface area contributed by atoms with Gasteiger partial charge in [-0.2, -0.15) is 4.98 Å². The number of aromatic nitrogens is 2. The molecule has 0 bridgehead atoms. The first-order chi connectivity index (χ1) is 4.83. The lowest BCUT2D eigenvalue weighted by molar-refractivity contribution is 0.326. The minimum Gasteiger partial charge on any atom is -0.477 e. The predicted octanol–water partition coefficient (Wildman–Crippen LogP) is 0.457. The zero-order valence-corrected chi connectivity index (χ0v) is 5.74. The molecule has 10 heavy (non-hydrogen) atoms. The number of rotatable bonds is 2. The Morgan fingerprint density at radius 2 is 2.40 bits per heavy atom. The number of hydrogen-bond acceptors (Lipinski definition) is 4. The zero-order valence-electron chi connectivity index (χ0n) is 5.74. The van der Waals surface area contributed by atoms with Gasteiger partial charge < -0.3 is 10.5 Å². The molecular weight excluding hydrogens is 130 g/mol. The summed E-state index contributed by atoms with van der Waals surface area (Å²) >= 11 is 0. The van der Waals surface area contributed by atoms with Crippen LogP contribution in [0.1, 0.15) is 6.92 Å². The van der Waals surface area contributed by atoms with Gasteiger partial charge in [-0.15, -0.1) is 0 Å². The summed E-state index contributed by atoms with van der Waals surface area (Å²) in [5.74, 6) is 0.855. The van der Waals surface area contributed by atoms with Crippen LogP contribution < -0.4 is 10.5 Å². The van der Waals surface area contributed by atoms with Crippen molar-refractivity contribution in [2.45, 2.75) is 6.92 Å². The van der Waals surface area contributed by atoms with E-state index in [1.54, 1.807) is 0 Å². The highest BCUT2D eigenvalue weighted by Gasteiger charge is 1.92. The molecule has 0 fully saturated rings. The molecule has 0 aliphatic rings. The third kappa shape index (κ3) is 1.58. The van der Waals surface area contributed by atoms with E-state index in [1.807, 2.05) is 6.92 Å². The van der Waals surface area contributed by atoms with Gasteiger partial charge in [-0.25, -0.2) is 0 Å². The third-order valence-electron chi connectivity index (χ3n) is 0.923. The molecule has 1 heterocycles. The predicted molar refractivity (Wildman–Crippen MR) is 37.6 cm³/mol. The maximum Gasteiger partial charge on any atom is 0.234 e. The Bertz CT molecular complexity index is 214. The van der Waals surface area contributed by atoms with Crippen molar-refractivity contribution in [1.29, 1.82) is 0 Å². The maximum absolute atomic E-state index is 5.34. The lowest BCUT2D eigenvalue weighted by Gasteiger charge is -1.99. The normalized spacial score (nSPS) is 9.30. The van der Waals surface area contributed by atoms with Crippen LogP contribution in [-0.4, -0.2) is 16.6 Å². The van der Waals surface area contributed by atoms with Gasteiger partial charge in [-0.1, -0.05) is 0 Å². The van der Waals surface area contributed by atoms with Crippen molar-refractivity contribution in [3.05, 3.63) is 12.4 Å². The van der Waals surface area contributed by atoms with E-state index >= 15 is 0 Å². The molecule has 1 aromatic rings. The first-order valence-corrected chi connectivity index (χ1v) is 3.03. The van der Waals surface area contributed by atoms with E-state index in [4.69, 9.17) is 10.5 Å². The van der Waals surface area contributed by atoms with Crippen molar-refractivity contribution < 1.29 is 4.74 Å². The van der Waals surface area contributed by atoms with Crippen LogP contribution in [0.15, 0.2) is 12.4 Å². The van der Waals surface area contributed by atoms with Gasteiger partial charge in [0.2, 0.25) is 5.88 Å². The standard InChI is InChI=1S/C6H9N3O/c1-2-10-6-4-8-3-5(7)9-6/h3-4H,2H2,1H3,(H2,7,9). The molecule has 4 nitrogen and oxygen atoms in total. The molecule has 1 rings (SSSR count). The van der Waals surface area contributed by atoms with Crippen molar-refractivity contribution in [3.8, 4) is 5.88 Å². The quantitative estimate of drug-likeness (QED) is 0.646. The van der Waals surface area contributed by atoms with Gasteiger partial charge in [0.1, 0.15) is 5.82 Å². The fourth-order valence-electron chi connectivity index (χ4n) is 0.580. The van der Waals surface area contributed by atoms with E-state index in [9.17, 15) is 0 Å². The average molecular weight is 139 g/mol. The highest BCUT2D eigenvalue weighted by molar-refractivity contribution is 5.25. The Hall–Kier alpha value is -1.32. The van der Waals surface area contributed by atoms with E-state index < -0.39 is 0 Å². The molecule has 0 saturated carbocycles. The molecule has 4 heteroatoms. The van der Waals surface area contributed by atoms with Crippen molar-refractivity contribution in [2.75, 3.05) is 12.3 Å². The summed E-state index contributed by atoms with van der Waals surface area (Å²) in [7, 11) is 0. The molecule has 2 N–H and O–H groups in total. The van der Waals surface area contributed by atoms with Gasteiger partial charge in [0, 0.05) is 0 Å². The lowest BCUT2D eigenvalue weighted by Crippen LogP contribution is -1.97. The molecule has 0 saturated heterocycles. The molecule has 0 aliphatic carbocycles. The molecule has 0 amide bonds. The average Bonchev–Trinajstić information content (AvgIpc) is 1.88. The van der Waals surface area contributed by atoms with Gasteiger partial charge in [-0.05, 0) is 6.92 Å². The topological polar surface area (TPSA) is 61.0 Å². The first kappa shape index (κ1) is 6.80. The second-order valence-electron chi connectivity index (χ2n) is 1.72. The van der Waals surface area contributed by atoms with Crippen LogP contribution in [0.5, 0.6) is 5.88 Å². The molecule has 0 unspecified atom stereocenters. The number of hydrogen-bond donors (Lipinski definition) is 1. The van der Waals surface area contributed by atoms with Crippen molar-refractivity contribution in [3.63, 3.8) is 0 Å². The number of nitrogen functional groups attached to an aromatic ring is 1. The molecule has 1 aromatic heterocycles. The monoisotopic (exact) mass is 139 g/mol. The Morgan fingerprint density at radius 3 is 3.00 bits per heavy atom. The Labute approximate surface area is 59.1 Å². The Balaban J connectivity index is 2.75. The number of nitrogens with two attached hydrogens (primary N) is 1. The number of anilines is 1. The number of ether oxygens (including phenoxy) is 1. The lowest BCUT2D eigenvalue weighted by atomic mass is 10.6. The van der Waals surface area contributed by atoms with Crippen LogP contribution in [0.25, 0.3) is 0 Å². The van der Waals surface area contributed by atoms with E-state index in [2.05, 4.69) is 9.97 Å². The Kier molecular flexibility index (Phi) is 2.04. The van der Waals surface area contributed by atoms with Gasteiger partial charge in [-0.3, -0.25) is 4.98 Å². The molecule has 0 atom stereocenters. The first-order valence-electron chi connectivity index (χ1n) is 3.03. The Morgan fingerprint density at radius 1 is 1.60 bits per heavy atom. The summed E-state index contributed by atoms with van der Waals surface area (Å²) in [6.07, 6.45) is 3.00. The fourth-order valence-corrected chi connectivity index (χ4v) is 0.580. The van der Waals surface area contributed by atoms with Gasteiger partial charge in [0.25, 0.3) is 0 Å². The van der Waals surface area contributed by atoms with Crippen LogP contribution in [0, 0.1) is 0 Å². The van der Waals surface area contributed by atoms with E-state index in [0.29, 0.717) is 18.3 Å². The summed E-state index contributed by atoms with van der Waals surface area (Å²) in [5, 5.41) is 0. The van der Waals surface area contributed by atoms with Gasteiger partial charge in [0.05, 0.1) is 19.0 Å². The second-order valence-corrected chi connectivity index (χ2v) is 1.72. The minimum atomic E-state index is 0.381. The molecule has 0 aliphatic heterocycles. The van der Waals surface area contributed by atoms with E-state index in [0.717, 1.165) is 0 Å². The highest BCUT2D eigenvalue weighted by Crippen LogP contribution is 2.04. The van der Waals surface area contributed by atoms with Crippen LogP contribution in [0.4, 0.5) is 5.82 Å². The summed E-state index contributed by atoms with van der Waals surface area (Å²) in [6.45, 7) is 2.46. The summed E-state index contributed by atoms with van der Waals surface area (Å²) in [5.41, 5.74) is 5.34. The van der Waals surface area contributed by atoms with E-state index in [-0.39, 0.29) is 0 Å². The van der Waals surface area contributed by atoms with Crippen LogP contribution in [-0.2, 0) is 0 Å². The van der Waals surface area contributed by atoms with E-state index in [1.165, 1.54) is 12.4 Å². The van der Waals surface area contributed by atoms with Crippen molar-refractivity contribution >= 4 is 5.82 Å². The van der Waals surface area contributed by atoms with Gasteiger partial charge in [0.15, 0.2) is 0 Å². The smallest absolute Gasteiger partial charge is 0.234 e. The summed E-state index contributed by atoms with van der Waals surface area (Å²) in [6, 6.07) is 0. The van der Waals surface area contributed by atoms with Gasteiger partial charge >= 0.3 is 0 Å². The summed E-state index contributed by atoms with van der Waals surface area (Å²) < 4.78 is 5.03. The third-order valence-corrected chi connectivity index (χ3v) is 0.923. The molecule has 0 aromatic carbocycles. The molecule has 0 spiro atoms. The minimum absolute atomic E-state index is 0.381. The number of nitrogens with zero attached hydrogens (tertiary/aromatic N) is 2. The molecular formula is C6H9N3O. The fraction of sp³-hybridized carbons (Fsp3) is 0.333. The SMILES string of the molecule is CCOc1cncc(N)n1. The zero-order chi connectivity index (χ0) is 7.40. The largest absolute Gasteiger partial charge is 0.477 e. The molecule has 0 radical (unpaired) electrons. The van der Waals surface area contributed by atoms with Crippen molar-refractivity contribution in [1.82, 2.24) is 9.97 Å². The second kappa shape index (κ2) is 3.00.